The molecule has 2 rings (SSSR count). The molecule has 1 fully saturated rings. The fourth-order valence-corrected chi connectivity index (χ4v) is 8.26. The molecule has 0 amide bonds. The summed E-state index contributed by atoms with van der Waals surface area (Å²) in [5, 5.41) is 1.37. The Kier molecular flexibility index (Phi) is 2.83. The summed E-state index contributed by atoms with van der Waals surface area (Å²) in [7, 11) is 4.28. The molecular weight excluding hydrogens is 225 g/mol. The van der Waals surface area contributed by atoms with Gasteiger partial charge in [0, 0.05) is 0 Å². The molecule has 0 N–H and O–H groups in total. The van der Waals surface area contributed by atoms with Crippen molar-refractivity contribution >= 4 is 22.7 Å². The van der Waals surface area contributed by atoms with Gasteiger partial charge in [0.25, 0.3) is 0 Å². The van der Waals surface area contributed by atoms with Gasteiger partial charge in [-0.3, -0.25) is 0 Å². The standard InChI is InChI=1S/C12H19ClNP/c1-14(2)15(13,10-6-7-11-15)12-8-4-3-5-9-12/h3-5,8-9H,6-7,10-11H2,1-2H3. The van der Waals surface area contributed by atoms with E-state index in [0.29, 0.717) is 0 Å². The predicted octanol–water partition coefficient (Wildman–Crippen LogP) is 3.29. The van der Waals surface area contributed by atoms with Crippen LogP contribution in [-0.4, -0.2) is 31.1 Å². The summed E-state index contributed by atoms with van der Waals surface area (Å²) in [4.78, 5) is 0. The molecule has 0 atom stereocenters. The average molecular weight is 244 g/mol. The Morgan fingerprint density at radius 1 is 1.07 bits per heavy atom. The van der Waals surface area contributed by atoms with Crippen LogP contribution in [0.2, 0.25) is 0 Å². The van der Waals surface area contributed by atoms with Crippen molar-refractivity contribution in [2.75, 3.05) is 26.4 Å². The van der Waals surface area contributed by atoms with Crippen molar-refractivity contribution in [3.63, 3.8) is 0 Å². The Hall–Kier alpha value is -0.100. The molecule has 0 spiro atoms. The zero-order chi connectivity index (χ0) is 11.0. The van der Waals surface area contributed by atoms with Crippen molar-refractivity contribution in [3.8, 4) is 0 Å². The van der Waals surface area contributed by atoms with Gasteiger partial charge in [-0.05, 0) is 0 Å². The Morgan fingerprint density at radius 2 is 1.60 bits per heavy atom. The van der Waals surface area contributed by atoms with Crippen LogP contribution in [0.4, 0.5) is 0 Å². The van der Waals surface area contributed by atoms with Gasteiger partial charge >= 0.3 is 96.9 Å². The Bertz CT molecular complexity index is 344. The first-order chi connectivity index (χ1) is 7.07. The summed E-state index contributed by atoms with van der Waals surface area (Å²) in [6, 6.07) is 10.7. The van der Waals surface area contributed by atoms with Crippen molar-refractivity contribution in [3.05, 3.63) is 30.3 Å². The first kappa shape index (κ1) is 11.4. The number of rotatable bonds is 2. The topological polar surface area (TPSA) is 3.24 Å². The summed E-state index contributed by atoms with van der Waals surface area (Å²) in [5.74, 6) is 0. The van der Waals surface area contributed by atoms with Crippen LogP contribution >= 0.6 is 17.3 Å². The van der Waals surface area contributed by atoms with E-state index in [-0.39, 0.29) is 0 Å². The maximum atomic E-state index is 7.15. The van der Waals surface area contributed by atoms with Gasteiger partial charge in [-0.2, -0.15) is 0 Å². The molecule has 1 aliphatic heterocycles. The van der Waals surface area contributed by atoms with E-state index in [1.54, 1.807) is 0 Å². The number of nitrogens with zero attached hydrogens (tertiary/aromatic N) is 1. The average Bonchev–Trinajstić information content (AvgIpc) is 2.66. The SMILES string of the molecule is CN(C)P1(Cl)(c2ccccc2)CCCC1. The Morgan fingerprint density at radius 3 is 2.07 bits per heavy atom. The summed E-state index contributed by atoms with van der Waals surface area (Å²) in [6.07, 6.45) is 2.63. The van der Waals surface area contributed by atoms with Gasteiger partial charge in [0.15, 0.2) is 0 Å². The zero-order valence-electron chi connectivity index (χ0n) is 9.49. The Balaban J connectivity index is 2.53. The van der Waals surface area contributed by atoms with Crippen molar-refractivity contribution in [2.45, 2.75) is 12.8 Å². The predicted molar refractivity (Wildman–Crippen MR) is 71.5 cm³/mol. The van der Waals surface area contributed by atoms with Gasteiger partial charge in [0.1, 0.15) is 0 Å². The second-order valence-corrected chi connectivity index (χ2v) is 11.9. The quantitative estimate of drug-likeness (QED) is 0.721. The van der Waals surface area contributed by atoms with Crippen LogP contribution in [0.25, 0.3) is 0 Å². The minimum atomic E-state index is -2.26. The Labute approximate surface area is 97.2 Å². The van der Waals surface area contributed by atoms with E-state index in [1.165, 1.54) is 30.5 Å². The molecule has 1 heterocycles. The fraction of sp³-hybridized carbons (Fsp3) is 0.500. The first-order valence-electron chi connectivity index (χ1n) is 5.53. The number of hydrogen-bond donors (Lipinski definition) is 0. The van der Waals surface area contributed by atoms with E-state index in [2.05, 4.69) is 49.1 Å². The molecular formula is C12H19ClNP. The molecule has 0 saturated carbocycles. The molecule has 1 nitrogen and oxygen atoms in total. The zero-order valence-corrected chi connectivity index (χ0v) is 11.1. The van der Waals surface area contributed by atoms with Crippen LogP contribution in [0.1, 0.15) is 12.8 Å². The van der Waals surface area contributed by atoms with Crippen LogP contribution in [-0.2, 0) is 0 Å². The van der Waals surface area contributed by atoms with Crippen LogP contribution in [0, 0.1) is 0 Å². The number of benzene rings is 1. The fourth-order valence-electron chi connectivity index (χ4n) is 2.63. The first-order valence-corrected chi connectivity index (χ1v) is 8.99. The van der Waals surface area contributed by atoms with E-state index in [1.807, 2.05) is 0 Å². The molecule has 0 aliphatic carbocycles. The van der Waals surface area contributed by atoms with E-state index < -0.39 is 6.11 Å². The second kappa shape index (κ2) is 3.73. The van der Waals surface area contributed by atoms with E-state index in [0.717, 1.165) is 0 Å². The molecule has 15 heavy (non-hydrogen) atoms. The molecule has 0 radical (unpaired) electrons. The van der Waals surface area contributed by atoms with Crippen molar-refractivity contribution in [2.24, 2.45) is 0 Å². The van der Waals surface area contributed by atoms with Crippen LogP contribution < -0.4 is 5.30 Å². The van der Waals surface area contributed by atoms with Crippen molar-refractivity contribution < 1.29 is 0 Å². The summed E-state index contributed by atoms with van der Waals surface area (Å²) >= 11 is 7.15. The van der Waals surface area contributed by atoms with Crippen molar-refractivity contribution in [1.29, 1.82) is 0 Å². The molecule has 1 aliphatic rings. The van der Waals surface area contributed by atoms with E-state index in [4.69, 9.17) is 11.2 Å². The van der Waals surface area contributed by atoms with Gasteiger partial charge in [-0.25, -0.2) is 0 Å². The van der Waals surface area contributed by atoms with Crippen molar-refractivity contribution in [1.82, 2.24) is 4.67 Å². The second-order valence-electron chi connectivity index (χ2n) is 4.66. The van der Waals surface area contributed by atoms with Gasteiger partial charge < -0.3 is 0 Å². The third-order valence-corrected chi connectivity index (χ3v) is 12.0. The molecule has 1 aromatic carbocycles. The van der Waals surface area contributed by atoms with Gasteiger partial charge in [-0.1, -0.05) is 0 Å². The number of halogens is 1. The van der Waals surface area contributed by atoms with E-state index in [9.17, 15) is 0 Å². The van der Waals surface area contributed by atoms with Gasteiger partial charge in [-0.15, -0.1) is 0 Å². The van der Waals surface area contributed by atoms with Gasteiger partial charge in [0.05, 0.1) is 0 Å². The molecule has 1 saturated heterocycles. The van der Waals surface area contributed by atoms with Crippen LogP contribution in [0.3, 0.4) is 0 Å². The monoisotopic (exact) mass is 243 g/mol. The van der Waals surface area contributed by atoms with Crippen LogP contribution in [0.5, 0.6) is 0 Å². The van der Waals surface area contributed by atoms with E-state index >= 15 is 0 Å². The molecule has 0 aromatic heterocycles. The molecule has 84 valence electrons. The third-order valence-electron chi connectivity index (χ3n) is 3.73. The molecule has 3 heteroatoms. The summed E-state index contributed by atoms with van der Waals surface area (Å²) in [5.41, 5.74) is 0. The molecule has 0 unspecified atom stereocenters. The van der Waals surface area contributed by atoms with Crippen LogP contribution in [0.15, 0.2) is 30.3 Å². The summed E-state index contributed by atoms with van der Waals surface area (Å²) in [6.45, 7) is 0. The van der Waals surface area contributed by atoms with Gasteiger partial charge in [0.2, 0.25) is 0 Å². The third kappa shape index (κ3) is 1.62. The maximum absolute atomic E-state index is 7.15. The normalized spacial score (nSPS) is 26.0. The minimum absolute atomic E-state index is 1.17. The molecule has 0 bridgehead atoms. The number of hydrogen-bond acceptors (Lipinski definition) is 1. The summed E-state index contributed by atoms with van der Waals surface area (Å²) < 4.78 is 2.31. The molecule has 1 aromatic rings.